The Morgan fingerprint density at radius 1 is 1.42 bits per heavy atom. The van der Waals surface area contributed by atoms with Crippen molar-refractivity contribution >= 4 is 26.5 Å². The molecule has 4 nitrogen and oxygen atoms in total. The second kappa shape index (κ2) is 5.66. The van der Waals surface area contributed by atoms with Crippen molar-refractivity contribution in [2.45, 2.75) is 6.42 Å². The third-order valence-corrected chi connectivity index (χ3v) is 5.33. The van der Waals surface area contributed by atoms with E-state index in [0.29, 0.717) is 10.7 Å². The molecule has 2 rings (SSSR count). The zero-order chi connectivity index (χ0) is 13.9. The maximum absolute atomic E-state index is 13.0. The van der Waals surface area contributed by atoms with Gasteiger partial charge in [-0.1, -0.05) is 12.1 Å². The van der Waals surface area contributed by atoms with E-state index in [4.69, 9.17) is 0 Å². The predicted molar refractivity (Wildman–Crippen MR) is 74.4 cm³/mol. The van der Waals surface area contributed by atoms with E-state index in [0.717, 1.165) is 4.31 Å². The van der Waals surface area contributed by atoms with Crippen LogP contribution in [0.3, 0.4) is 0 Å². The van der Waals surface area contributed by atoms with E-state index in [1.165, 1.54) is 30.5 Å². The Labute approximate surface area is 115 Å². The quantitative estimate of drug-likeness (QED) is 0.851. The van der Waals surface area contributed by atoms with Crippen molar-refractivity contribution in [1.82, 2.24) is 4.98 Å². The van der Waals surface area contributed by atoms with Crippen LogP contribution in [0.4, 0.5) is 9.52 Å². The predicted octanol–water partition coefficient (Wildman–Crippen LogP) is 2.29. The maximum Gasteiger partial charge on any atom is 0.236 e. The molecule has 0 fully saturated rings. The van der Waals surface area contributed by atoms with Crippen molar-refractivity contribution in [3.63, 3.8) is 0 Å². The number of sulfonamides is 1. The molecule has 7 heteroatoms. The number of aromatic nitrogens is 1. The molecule has 0 saturated carbocycles. The third kappa shape index (κ3) is 3.51. The average molecular weight is 300 g/mol. The van der Waals surface area contributed by atoms with Crippen LogP contribution in [0.1, 0.15) is 5.56 Å². The van der Waals surface area contributed by atoms with E-state index >= 15 is 0 Å². The number of hydrogen-bond acceptors (Lipinski definition) is 4. The maximum atomic E-state index is 13.0. The van der Waals surface area contributed by atoms with Gasteiger partial charge in [-0.05, 0) is 24.1 Å². The van der Waals surface area contributed by atoms with Crippen LogP contribution < -0.4 is 4.31 Å². The molecule has 1 aromatic heterocycles. The van der Waals surface area contributed by atoms with E-state index in [2.05, 4.69) is 4.98 Å². The van der Waals surface area contributed by atoms with Crippen molar-refractivity contribution in [1.29, 1.82) is 0 Å². The Bertz CT molecular complexity index is 642. The van der Waals surface area contributed by atoms with Gasteiger partial charge in [0, 0.05) is 18.6 Å². The standard InChI is InChI=1S/C12H13FN2O2S2/c1-15(12-14-6-7-18-12)19(16,17)8-5-10-3-2-4-11(13)9-10/h2-4,6-7,9H,5,8H2,1H3. The molecule has 0 aliphatic rings. The number of rotatable bonds is 5. The minimum Gasteiger partial charge on any atom is -0.248 e. The fourth-order valence-electron chi connectivity index (χ4n) is 1.57. The van der Waals surface area contributed by atoms with Gasteiger partial charge in [-0.3, -0.25) is 0 Å². The van der Waals surface area contributed by atoms with E-state index in [9.17, 15) is 12.8 Å². The third-order valence-electron chi connectivity index (χ3n) is 2.64. The van der Waals surface area contributed by atoms with Crippen molar-refractivity contribution in [2.24, 2.45) is 0 Å². The van der Waals surface area contributed by atoms with Crippen molar-refractivity contribution in [3.05, 3.63) is 47.2 Å². The van der Waals surface area contributed by atoms with E-state index in [-0.39, 0.29) is 18.0 Å². The van der Waals surface area contributed by atoms with Crippen LogP contribution >= 0.6 is 11.3 Å². The summed E-state index contributed by atoms with van der Waals surface area (Å²) in [6.45, 7) is 0. The number of halogens is 1. The summed E-state index contributed by atoms with van der Waals surface area (Å²) in [7, 11) is -1.96. The molecule has 0 N–H and O–H groups in total. The molecule has 0 unspecified atom stereocenters. The van der Waals surface area contributed by atoms with Gasteiger partial charge < -0.3 is 0 Å². The van der Waals surface area contributed by atoms with Gasteiger partial charge in [-0.2, -0.15) is 0 Å². The average Bonchev–Trinajstić information content (AvgIpc) is 2.89. The first-order chi connectivity index (χ1) is 8.99. The first-order valence-corrected chi connectivity index (χ1v) is 8.08. The van der Waals surface area contributed by atoms with Crippen molar-refractivity contribution in [2.75, 3.05) is 17.1 Å². The molecule has 1 aromatic carbocycles. The first kappa shape index (κ1) is 14.0. The van der Waals surface area contributed by atoms with E-state index in [1.54, 1.807) is 23.7 Å². The van der Waals surface area contributed by atoms with Gasteiger partial charge in [-0.25, -0.2) is 22.1 Å². The van der Waals surface area contributed by atoms with E-state index in [1.807, 2.05) is 0 Å². The molecule has 1 heterocycles. The number of aryl methyl sites for hydroxylation is 1. The summed E-state index contributed by atoms with van der Waals surface area (Å²) in [5, 5.41) is 2.15. The fourth-order valence-corrected chi connectivity index (χ4v) is 3.60. The van der Waals surface area contributed by atoms with Gasteiger partial charge >= 0.3 is 0 Å². The molecule has 0 atom stereocenters. The Morgan fingerprint density at radius 3 is 2.84 bits per heavy atom. The van der Waals surface area contributed by atoms with Crippen LogP contribution in [0, 0.1) is 5.82 Å². The number of hydrogen-bond donors (Lipinski definition) is 0. The van der Waals surface area contributed by atoms with Gasteiger partial charge in [0.25, 0.3) is 0 Å². The first-order valence-electron chi connectivity index (χ1n) is 5.59. The lowest BCUT2D eigenvalue weighted by Crippen LogP contribution is -2.29. The number of thiazole rings is 1. The van der Waals surface area contributed by atoms with Crippen LogP contribution in [0.2, 0.25) is 0 Å². The summed E-state index contributed by atoms with van der Waals surface area (Å²) in [6, 6.07) is 5.96. The molecule has 0 amide bonds. The highest BCUT2D eigenvalue weighted by Crippen LogP contribution is 2.19. The molecular formula is C12H13FN2O2S2. The minimum atomic E-state index is -3.44. The SMILES string of the molecule is CN(c1nccs1)S(=O)(=O)CCc1cccc(F)c1. The molecule has 0 spiro atoms. The molecule has 19 heavy (non-hydrogen) atoms. The zero-order valence-corrected chi connectivity index (χ0v) is 11.9. The lowest BCUT2D eigenvalue weighted by atomic mass is 10.2. The zero-order valence-electron chi connectivity index (χ0n) is 10.3. The fraction of sp³-hybridized carbons (Fsp3) is 0.250. The second-order valence-electron chi connectivity index (χ2n) is 3.98. The van der Waals surface area contributed by atoms with Gasteiger partial charge in [0.05, 0.1) is 5.75 Å². The topological polar surface area (TPSA) is 50.3 Å². The van der Waals surface area contributed by atoms with Gasteiger partial charge in [-0.15, -0.1) is 11.3 Å². The van der Waals surface area contributed by atoms with Crippen LogP contribution in [0.25, 0.3) is 0 Å². The Hall–Kier alpha value is -1.47. The highest BCUT2D eigenvalue weighted by molar-refractivity contribution is 7.92. The monoisotopic (exact) mass is 300 g/mol. The van der Waals surface area contributed by atoms with E-state index < -0.39 is 10.0 Å². The molecule has 0 saturated heterocycles. The number of nitrogens with zero attached hydrogens (tertiary/aromatic N) is 2. The minimum absolute atomic E-state index is 0.0769. The Morgan fingerprint density at radius 2 is 2.21 bits per heavy atom. The van der Waals surface area contributed by atoms with Crippen LogP contribution in [0.5, 0.6) is 0 Å². The Balaban J connectivity index is 2.06. The lowest BCUT2D eigenvalue weighted by Gasteiger charge is -2.16. The highest BCUT2D eigenvalue weighted by Gasteiger charge is 2.20. The van der Waals surface area contributed by atoms with Crippen LogP contribution in [-0.2, 0) is 16.4 Å². The van der Waals surface area contributed by atoms with Crippen molar-refractivity contribution in [3.8, 4) is 0 Å². The largest absolute Gasteiger partial charge is 0.248 e. The summed E-state index contributed by atoms with van der Waals surface area (Å²) >= 11 is 1.26. The summed E-state index contributed by atoms with van der Waals surface area (Å²) < 4.78 is 38.3. The molecule has 0 aliphatic heterocycles. The molecule has 0 radical (unpaired) electrons. The molecule has 102 valence electrons. The summed E-state index contributed by atoms with van der Waals surface area (Å²) in [4.78, 5) is 3.96. The highest BCUT2D eigenvalue weighted by atomic mass is 32.2. The lowest BCUT2D eigenvalue weighted by molar-refractivity contribution is 0.593. The second-order valence-corrected chi connectivity index (χ2v) is 6.97. The van der Waals surface area contributed by atoms with Gasteiger partial charge in [0.2, 0.25) is 10.0 Å². The Kier molecular flexibility index (Phi) is 4.16. The normalized spacial score (nSPS) is 11.5. The van der Waals surface area contributed by atoms with Crippen LogP contribution in [-0.4, -0.2) is 26.2 Å². The molecular weight excluding hydrogens is 287 g/mol. The summed E-state index contributed by atoms with van der Waals surface area (Å²) in [5.41, 5.74) is 0.663. The summed E-state index contributed by atoms with van der Waals surface area (Å²) in [6.07, 6.45) is 1.83. The molecule has 0 bridgehead atoms. The van der Waals surface area contributed by atoms with Gasteiger partial charge in [0.15, 0.2) is 5.13 Å². The molecule has 2 aromatic rings. The summed E-state index contributed by atoms with van der Waals surface area (Å²) in [5.74, 6) is -0.435. The molecule has 0 aliphatic carbocycles. The van der Waals surface area contributed by atoms with Crippen LogP contribution in [0.15, 0.2) is 35.8 Å². The smallest absolute Gasteiger partial charge is 0.236 e. The number of anilines is 1. The van der Waals surface area contributed by atoms with Gasteiger partial charge in [0.1, 0.15) is 5.82 Å². The van der Waals surface area contributed by atoms with Crippen molar-refractivity contribution < 1.29 is 12.8 Å². The number of benzene rings is 1.